The largest absolute Gasteiger partial charge is 0.496 e. The van der Waals surface area contributed by atoms with Crippen LogP contribution in [-0.2, 0) is 16.1 Å². The van der Waals surface area contributed by atoms with Gasteiger partial charge in [0.2, 0.25) is 5.72 Å². The van der Waals surface area contributed by atoms with E-state index in [4.69, 9.17) is 23.9 Å². The number of ether oxygens (including phenoxy) is 4. The lowest BCUT2D eigenvalue weighted by molar-refractivity contribution is -0.158. The number of fused-ring (bicyclic) bond motifs is 6. The van der Waals surface area contributed by atoms with Gasteiger partial charge in [0, 0.05) is 11.1 Å². The molecule has 3 atom stereocenters. The number of carbonyl (C=O) groups excluding carboxylic acids is 1. The smallest absolute Gasteiger partial charge is 0.317 e. The van der Waals surface area contributed by atoms with Crippen molar-refractivity contribution in [3.8, 4) is 17.2 Å². The summed E-state index contributed by atoms with van der Waals surface area (Å²) in [5.74, 6) is 0.816. The fraction of sp³-hybridized carbons (Fsp3) is 0.281. The van der Waals surface area contributed by atoms with Gasteiger partial charge in [-0.15, -0.1) is 0 Å². The summed E-state index contributed by atoms with van der Waals surface area (Å²) in [5, 5.41) is 0. The summed E-state index contributed by atoms with van der Waals surface area (Å²) >= 11 is 1.27. The van der Waals surface area contributed by atoms with Crippen LogP contribution in [0.4, 0.5) is 0 Å². The van der Waals surface area contributed by atoms with E-state index in [1.807, 2.05) is 67.6 Å². The molecular weight excluding hydrogens is 540 g/mol. The summed E-state index contributed by atoms with van der Waals surface area (Å²) < 4.78 is 25.2. The average molecular weight is 571 g/mol. The van der Waals surface area contributed by atoms with Crippen LogP contribution < -0.4 is 29.1 Å². The van der Waals surface area contributed by atoms with Crippen LogP contribution in [0.5, 0.6) is 17.2 Å². The summed E-state index contributed by atoms with van der Waals surface area (Å²) in [6.07, 6.45) is 1.83. The Hall–Kier alpha value is -4.37. The molecule has 0 fully saturated rings. The van der Waals surface area contributed by atoms with Crippen molar-refractivity contribution in [2.24, 2.45) is 10.9 Å². The van der Waals surface area contributed by atoms with E-state index in [-0.39, 0.29) is 5.56 Å². The van der Waals surface area contributed by atoms with Gasteiger partial charge >= 0.3 is 5.97 Å². The number of rotatable bonds is 6. The van der Waals surface area contributed by atoms with Crippen molar-refractivity contribution in [3.63, 3.8) is 0 Å². The molecule has 41 heavy (non-hydrogen) atoms. The van der Waals surface area contributed by atoms with Crippen LogP contribution in [0, 0.1) is 19.8 Å². The van der Waals surface area contributed by atoms with E-state index < -0.39 is 23.7 Å². The maximum absolute atomic E-state index is 13.9. The summed E-state index contributed by atoms with van der Waals surface area (Å²) in [6.45, 7) is 6.16. The monoisotopic (exact) mass is 570 g/mol. The molecule has 0 N–H and O–H groups in total. The third-order valence-electron chi connectivity index (χ3n) is 7.88. The molecule has 9 heteroatoms. The number of thiazole rings is 1. The van der Waals surface area contributed by atoms with E-state index in [1.165, 1.54) is 18.4 Å². The molecule has 0 saturated heterocycles. The van der Waals surface area contributed by atoms with Crippen LogP contribution in [0.2, 0.25) is 0 Å². The van der Waals surface area contributed by atoms with Crippen molar-refractivity contribution in [1.82, 2.24) is 4.57 Å². The second kappa shape index (κ2) is 10.2. The van der Waals surface area contributed by atoms with Crippen LogP contribution in [0.3, 0.4) is 0 Å². The number of nitrogens with zero attached hydrogens (tertiary/aromatic N) is 2. The molecule has 0 amide bonds. The van der Waals surface area contributed by atoms with Gasteiger partial charge < -0.3 is 18.9 Å². The van der Waals surface area contributed by atoms with Crippen LogP contribution in [0.15, 0.2) is 70.5 Å². The highest BCUT2D eigenvalue weighted by atomic mass is 32.1. The highest BCUT2D eigenvalue weighted by molar-refractivity contribution is 7.07. The van der Waals surface area contributed by atoms with Gasteiger partial charge in [-0.05, 0) is 67.8 Å². The Kier molecular flexibility index (Phi) is 6.69. The van der Waals surface area contributed by atoms with Gasteiger partial charge in [0.05, 0.1) is 24.8 Å². The van der Waals surface area contributed by atoms with Gasteiger partial charge in [-0.1, -0.05) is 47.7 Å². The molecule has 1 aromatic heterocycles. The minimum absolute atomic E-state index is 0.226. The number of benzene rings is 3. The van der Waals surface area contributed by atoms with E-state index in [2.05, 4.69) is 13.0 Å². The zero-order valence-electron chi connectivity index (χ0n) is 23.5. The predicted octanol–water partition coefficient (Wildman–Crippen LogP) is 4.06. The number of methoxy groups -OCH3 is 2. The normalized spacial score (nSPS) is 20.8. The first-order valence-electron chi connectivity index (χ1n) is 13.3. The fourth-order valence-corrected chi connectivity index (χ4v) is 6.72. The molecule has 210 valence electrons. The molecule has 4 aromatic rings. The number of carbonyl (C=O) groups is 1. The van der Waals surface area contributed by atoms with Crippen LogP contribution in [-0.4, -0.2) is 30.5 Å². The lowest BCUT2D eigenvalue weighted by atomic mass is 9.81. The summed E-state index contributed by atoms with van der Waals surface area (Å²) in [6, 6.07) is 18.5. The minimum atomic E-state index is -1.21. The van der Waals surface area contributed by atoms with E-state index in [9.17, 15) is 9.59 Å². The first-order chi connectivity index (χ1) is 19.7. The van der Waals surface area contributed by atoms with E-state index in [0.717, 1.165) is 33.6 Å². The number of para-hydroxylation sites is 1. The Morgan fingerprint density at radius 1 is 1.10 bits per heavy atom. The van der Waals surface area contributed by atoms with Crippen molar-refractivity contribution in [2.75, 3.05) is 14.2 Å². The lowest BCUT2D eigenvalue weighted by Gasteiger charge is -2.44. The third kappa shape index (κ3) is 4.50. The summed E-state index contributed by atoms with van der Waals surface area (Å²) in [7, 11) is 2.96. The maximum Gasteiger partial charge on any atom is 0.317 e. The summed E-state index contributed by atoms with van der Waals surface area (Å²) in [4.78, 5) is 32.2. The molecule has 6 rings (SSSR count). The Bertz CT molecular complexity index is 1860. The van der Waals surface area contributed by atoms with Gasteiger partial charge in [0.1, 0.15) is 29.8 Å². The molecular formula is C32H30N2O6S. The van der Waals surface area contributed by atoms with Crippen molar-refractivity contribution in [2.45, 2.75) is 39.1 Å². The van der Waals surface area contributed by atoms with Gasteiger partial charge in [0.25, 0.3) is 5.56 Å². The number of esters is 1. The highest BCUT2D eigenvalue weighted by Gasteiger charge is 2.55. The van der Waals surface area contributed by atoms with Crippen molar-refractivity contribution >= 4 is 23.4 Å². The van der Waals surface area contributed by atoms with Crippen LogP contribution in [0.25, 0.3) is 6.08 Å². The number of aryl methyl sites for hydroxylation is 1. The Morgan fingerprint density at radius 3 is 2.68 bits per heavy atom. The van der Waals surface area contributed by atoms with E-state index >= 15 is 0 Å². The maximum atomic E-state index is 13.9. The van der Waals surface area contributed by atoms with E-state index in [0.29, 0.717) is 27.4 Å². The molecule has 2 aliphatic rings. The molecule has 0 aliphatic carbocycles. The van der Waals surface area contributed by atoms with Gasteiger partial charge in [0.15, 0.2) is 4.80 Å². The minimum Gasteiger partial charge on any atom is -0.496 e. The van der Waals surface area contributed by atoms with Crippen LogP contribution >= 0.6 is 11.3 Å². The molecule has 2 bridgehead atoms. The Labute approximate surface area is 241 Å². The van der Waals surface area contributed by atoms with Crippen molar-refractivity contribution < 1.29 is 23.7 Å². The first kappa shape index (κ1) is 26.8. The molecule has 3 heterocycles. The number of hydrogen-bond donors (Lipinski definition) is 0. The second-order valence-corrected chi connectivity index (χ2v) is 11.4. The fourth-order valence-electron chi connectivity index (χ4n) is 5.62. The first-order valence-corrected chi connectivity index (χ1v) is 14.1. The standard InChI is InChI=1S/C32H30N2O6S/c1-18-9-8-12-23(19(18)2)39-17-21-15-20(13-14-24(21)37-4)16-26-29(35)34-28-22-10-6-7-11-25(22)40-32(3,33-31(34)41-26)27(28)30(36)38-5/h6-16,27-28H,17H2,1-5H3. The number of aromatic nitrogens is 1. The third-order valence-corrected chi connectivity index (χ3v) is 8.86. The molecule has 0 saturated carbocycles. The predicted molar refractivity (Wildman–Crippen MR) is 155 cm³/mol. The van der Waals surface area contributed by atoms with Gasteiger partial charge in [-0.25, -0.2) is 4.99 Å². The Morgan fingerprint density at radius 2 is 1.90 bits per heavy atom. The zero-order valence-corrected chi connectivity index (χ0v) is 24.3. The van der Waals surface area contributed by atoms with Crippen molar-refractivity contribution in [3.05, 3.63) is 108 Å². The quantitative estimate of drug-likeness (QED) is 0.325. The molecule has 0 radical (unpaired) electrons. The molecule has 2 aliphatic heterocycles. The highest BCUT2D eigenvalue weighted by Crippen LogP contribution is 2.47. The Balaban J connectivity index is 1.43. The summed E-state index contributed by atoms with van der Waals surface area (Å²) in [5.41, 5.74) is 3.23. The lowest BCUT2D eigenvalue weighted by Crippen LogP contribution is -2.58. The second-order valence-electron chi connectivity index (χ2n) is 10.4. The van der Waals surface area contributed by atoms with E-state index in [1.54, 1.807) is 18.6 Å². The topological polar surface area (TPSA) is 88.4 Å². The zero-order chi connectivity index (χ0) is 28.9. The molecule has 3 unspecified atom stereocenters. The van der Waals surface area contributed by atoms with Gasteiger partial charge in [-0.2, -0.15) is 0 Å². The SMILES string of the molecule is COC(=O)C1C2c3ccccc3OC1(C)N=c1sc(=Cc3ccc(OC)c(COc4cccc(C)c4C)c3)c(=O)n12. The number of hydrogen-bond acceptors (Lipinski definition) is 8. The molecule has 0 spiro atoms. The van der Waals surface area contributed by atoms with Gasteiger partial charge in [-0.3, -0.25) is 14.2 Å². The molecule has 8 nitrogen and oxygen atoms in total. The van der Waals surface area contributed by atoms with Crippen molar-refractivity contribution in [1.29, 1.82) is 0 Å². The van der Waals surface area contributed by atoms with Crippen LogP contribution in [0.1, 0.15) is 40.8 Å². The average Bonchev–Trinajstić information content (AvgIpc) is 3.25. The molecule has 3 aromatic carbocycles.